The van der Waals surface area contributed by atoms with Gasteiger partial charge in [-0.2, -0.15) is 0 Å². The molecule has 3 heteroatoms. The Hall–Kier alpha value is -2.00. The lowest BCUT2D eigenvalue weighted by atomic mass is 9.97. The second-order valence-corrected chi connectivity index (χ2v) is 6.78. The van der Waals surface area contributed by atoms with E-state index in [1.165, 1.54) is 22.3 Å². The van der Waals surface area contributed by atoms with E-state index in [0.717, 1.165) is 16.4 Å². The standard InChI is InChI=1S/C19H20N2S/c1-12(2)16-9-10-20-14(4)18(16)19-21-17(11-22-19)15-7-5-13(3)6-8-15/h5-12H,1-4H3. The van der Waals surface area contributed by atoms with Gasteiger partial charge in [0.05, 0.1) is 5.69 Å². The van der Waals surface area contributed by atoms with Gasteiger partial charge in [0, 0.05) is 28.4 Å². The number of pyridine rings is 1. The average Bonchev–Trinajstić information content (AvgIpc) is 2.97. The van der Waals surface area contributed by atoms with Gasteiger partial charge in [-0.3, -0.25) is 4.98 Å². The van der Waals surface area contributed by atoms with Gasteiger partial charge in [0.15, 0.2) is 0 Å². The maximum atomic E-state index is 4.86. The normalized spacial score (nSPS) is 11.1. The number of hydrogen-bond donors (Lipinski definition) is 0. The molecule has 0 amide bonds. The van der Waals surface area contributed by atoms with Crippen LogP contribution in [-0.2, 0) is 0 Å². The SMILES string of the molecule is Cc1ccc(-c2csc(-c3c(C(C)C)ccnc3C)n2)cc1. The van der Waals surface area contributed by atoms with Crippen molar-refractivity contribution in [3.63, 3.8) is 0 Å². The van der Waals surface area contributed by atoms with E-state index in [4.69, 9.17) is 4.98 Å². The fraction of sp³-hybridized carbons (Fsp3) is 0.263. The third-order valence-corrected chi connectivity index (χ3v) is 4.72. The third kappa shape index (κ3) is 2.81. The molecule has 2 heterocycles. The van der Waals surface area contributed by atoms with Crippen molar-refractivity contribution in [3.8, 4) is 21.8 Å². The Morgan fingerprint density at radius 2 is 1.73 bits per heavy atom. The molecule has 0 fully saturated rings. The van der Waals surface area contributed by atoms with Crippen molar-refractivity contribution in [3.05, 3.63) is 58.7 Å². The summed E-state index contributed by atoms with van der Waals surface area (Å²) in [6.45, 7) is 8.60. The van der Waals surface area contributed by atoms with Crippen molar-refractivity contribution in [2.24, 2.45) is 0 Å². The highest BCUT2D eigenvalue weighted by Gasteiger charge is 2.15. The van der Waals surface area contributed by atoms with Gasteiger partial charge in [0.25, 0.3) is 0 Å². The topological polar surface area (TPSA) is 25.8 Å². The molecule has 0 N–H and O–H groups in total. The highest BCUT2D eigenvalue weighted by atomic mass is 32.1. The molecule has 0 saturated carbocycles. The number of thiazole rings is 1. The Kier molecular flexibility index (Phi) is 4.08. The molecule has 0 unspecified atom stereocenters. The predicted molar refractivity (Wildman–Crippen MR) is 94.3 cm³/mol. The van der Waals surface area contributed by atoms with Gasteiger partial charge in [-0.1, -0.05) is 43.7 Å². The molecule has 0 atom stereocenters. The van der Waals surface area contributed by atoms with Crippen molar-refractivity contribution in [2.75, 3.05) is 0 Å². The van der Waals surface area contributed by atoms with Crippen LogP contribution in [0.2, 0.25) is 0 Å². The quantitative estimate of drug-likeness (QED) is 0.628. The van der Waals surface area contributed by atoms with Gasteiger partial charge in [-0.25, -0.2) is 4.98 Å². The molecule has 0 aliphatic carbocycles. The number of benzene rings is 1. The fourth-order valence-corrected chi connectivity index (χ4v) is 3.54. The zero-order valence-electron chi connectivity index (χ0n) is 13.4. The smallest absolute Gasteiger partial charge is 0.126 e. The minimum atomic E-state index is 0.462. The predicted octanol–water partition coefficient (Wildman–Crippen LogP) is 5.61. The zero-order valence-corrected chi connectivity index (χ0v) is 14.2. The van der Waals surface area contributed by atoms with Crippen LogP contribution in [0.15, 0.2) is 41.9 Å². The van der Waals surface area contributed by atoms with Gasteiger partial charge in [-0.15, -0.1) is 11.3 Å². The number of rotatable bonds is 3. The first kappa shape index (κ1) is 14.9. The fourth-order valence-electron chi connectivity index (χ4n) is 2.59. The van der Waals surface area contributed by atoms with Crippen LogP contribution in [0.3, 0.4) is 0 Å². The average molecular weight is 308 g/mol. The number of nitrogens with zero attached hydrogens (tertiary/aromatic N) is 2. The van der Waals surface area contributed by atoms with E-state index in [1.807, 2.05) is 6.20 Å². The van der Waals surface area contributed by atoms with Crippen LogP contribution in [-0.4, -0.2) is 9.97 Å². The first-order chi connectivity index (χ1) is 10.6. The molecule has 0 bridgehead atoms. The van der Waals surface area contributed by atoms with Crippen molar-refractivity contribution >= 4 is 11.3 Å². The van der Waals surface area contributed by atoms with Crippen LogP contribution < -0.4 is 0 Å². The highest BCUT2D eigenvalue weighted by Crippen LogP contribution is 2.35. The summed E-state index contributed by atoms with van der Waals surface area (Å²) < 4.78 is 0. The minimum Gasteiger partial charge on any atom is -0.261 e. The minimum absolute atomic E-state index is 0.462. The summed E-state index contributed by atoms with van der Waals surface area (Å²) in [6, 6.07) is 10.6. The molecule has 0 saturated heterocycles. The van der Waals surface area contributed by atoms with Crippen LogP contribution in [0.25, 0.3) is 21.8 Å². The molecular weight excluding hydrogens is 288 g/mol. The van der Waals surface area contributed by atoms with Crippen LogP contribution in [0.1, 0.15) is 36.6 Å². The van der Waals surface area contributed by atoms with Crippen LogP contribution in [0.5, 0.6) is 0 Å². The first-order valence-corrected chi connectivity index (χ1v) is 8.42. The lowest BCUT2D eigenvalue weighted by Crippen LogP contribution is -1.97. The van der Waals surface area contributed by atoms with Crippen molar-refractivity contribution in [1.29, 1.82) is 0 Å². The summed E-state index contributed by atoms with van der Waals surface area (Å²) in [6.07, 6.45) is 1.89. The van der Waals surface area contributed by atoms with Crippen LogP contribution in [0.4, 0.5) is 0 Å². The molecular formula is C19H20N2S. The Labute approximate surface area is 135 Å². The van der Waals surface area contributed by atoms with E-state index in [9.17, 15) is 0 Å². The Bertz CT molecular complexity index is 785. The summed E-state index contributed by atoms with van der Waals surface area (Å²) >= 11 is 1.70. The molecule has 3 rings (SSSR count). The molecule has 0 radical (unpaired) electrons. The van der Waals surface area contributed by atoms with E-state index in [2.05, 4.69) is 68.4 Å². The van der Waals surface area contributed by atoms with E-state index in [1.54, 1.807) is 11.3 Å². The van der Waals surface area contributed by atoms with E-state index in [-0.39, 0.29) is 0 Å². The van der Waals surface area contributed by atoms with E-state index < -0.39 is 0 Å². The second-order valence-electron chi connectivity index (χ2n) is 5.92. The van der Waals surface area contributed by atoms with Gasteiger partial charge < -0.3 is 0 Å². The summed E-state index contributed by atoms with van der Waals surface area (Å²) in [7, 11) is 0. The number of hydrogen-bond acceptors (Lipinski definition) is 3. The monoisotopic (exact) mass is 308 g/mol. The van der Waals surface area contributed by atoms with Crippen molar-refractivity contribution < 1.29 is 0 Å². The molecule has 1 aromatic carbocycles. The first-order valence-electron chi connectivity index (χ1n) is 7.54. The van der Waals surface area contributed by atoms with Crippen molar-refractivity contribution in [2.45, 2.75) is 33.6 Å². The molecule has 0 aliphatic rings. The summed E-state index contributed by atoms with van der Waals surface area (Å²) in [5.74, 6) is 0.462. The summed E-state index contributed by atoms with van der Waals surface area (Å²) in [4.78, 5) is 9.32. The zero-order chi connectivity index (χ0) is 15.7. The maximum absolute atomic E-state index is 4.86. The van der Waals surface area contributed by atoms with Gasteiger partial charge in [-0.05, 0) is 31.4 Å². The van der Waals surface area contributed by atoms with Crippen LogP contribution in [0, 0.1) is 13.8 Å². The van der Waals surface area contributed by atoms with Crippen LogP contribution >= 0.6 is 11.3 Å². The molecule has 112 valence electrons. The lowest BCUT2D eigenvalue weighted by molar-refractivity contribution is 0.862. The highest BCUT2D eigenvalue weighted by molar-refractivity contribution is 7.13. The van der Waals surface area contributed by atoms with E-state index in [0.29, 0.717) is 5.92 Å². The second kappa shape index (κ2) is 6.01. The lowest BCUT2D eigenvalue weighted by Gasteiger charge is -2.12. The maximum Gasteiger partial charge on any atom is 0.126 e. The molecule has 0 spiro atoms. The Morgan fingerprint density at radius 3 is 2.41 bits per heavy atom. The van der Waals surface area contributed by atoms with Gasteiger partial charge in [0.2, 0.25) is 0 Å². The third-order valence-electron chi connectivity index (χ3n) is 3.86. The molecule has 2 aromatic heterocycles. The molecule has 0 aliphatic heterocycles. The van der Waals surface area contributed by atoms with Crippen molar-refractivity contribution in [1.82, 2.24) is 9.97 Å². The largest absolute Gasteiger partial charge is 0.261 e. The number of aromatic nitrogens is 2. The summed E-state index contributed by atoms with van der Waals surface area (Å²) in [5, 5.41) is 3.20. The van der Waals surface area contributed by atoms with E-state index >= 15 is 0 Å². The van der Waals surface area contributed by atoms with Gasteiger partial charge >= 0.3 is 0 Å². The number of aryl methyl sites for hydroxylation is 2. The molecule has 2 nitrogen and oxygen atoms in total. The van der Waals surface area contributed by atoms with Gasteiger partial charge in [0.1, 0.15) is 5.01 Å². The Balaban J connectivity index is 2.06. The summed E-state index contributed by atoms with van der Waals surface area (Å²) in [5.41, 5.74) is 7.04. The Morgan fingerprint density at radius 1 is 1.00 bits per heavy atom. The molecule has 3 aromatic rings. The molecule has 22 heavy (non-hydrogen) atoms.